The Kier molecular flexibility index (Phi) is 9.54. The van der Waals surface area contributed by atoms with Crippen molar-refractivity contribution in [2.75, 3.05) is 6.54 Å². The van der Waals surface area contributed by atoms with Crippen molar-refractivity contribution in [2.24, 2.45) is 11.5 Å². The van der Waals surface area contributed by atoms with Gasteiger partial charge in [-0.1, -0.05) is 12.1 Å². The molecule has 5 atom stereocenters. The highest BCUT2D eigenvalue weighted by Crippen LogP contribution is 2.20. The number of carboxylic acids is 1. The van der Waals surface area contributed by atoms with Crippen molar-refractivity contribution in [3.8, 4) is 5.75 Å². The van der Waals surface area contributed by atoms with Crippen LogP contribution in [0.5, 0.6) is 5.75 Å². The molecule has 1 aromatic rings. The molecule has 0 aliphatic carbocycles. The van der Waals surface area contributed by atoms with Gasteiger partial charge in [0, 0.05) is 13.0 Å². The zero-order valence-electron chi connectivity index (χ0n) is 19.2. The maximum absolute atomic E-state index is 13.3. The molecule has 1 aliphatic heterocycles. The first-order valence-electron chi connectivity index (χ1n) is 11.0. The zero-order valence-corrected chi connectivity index (χ0v) is 19.2. The van der Waals surface area contributed by atoms with E-state index in [2.05, 4.69) is 10.6 Å². The number of primary amides is 1. The fourth-order valence-electron chi connectivity index (χ4n) is 3.72. The minimum absolute atomic E-state index is 0.00942. The van der Waals surface area contributed by atoms with E-state index >= 15 is 0 Å². The predicted octanol–water partition coefficient (Wildman–Crippen LogP) is -2.44. The van der Waals surface area contributed by atoms with E-state index in [1.54, 1.807) is 0 Å². The average molecular weight is 494 g/mol. The number of rotatable bonds is 11. The second-order valence-corrected chi connectivity index (χ2v) is 8.46. The predicted molar refractivity (Wildman–Crippen MR) is 122 cm³/mol. The monoisotopic (exact) mass is 493 g/mol. The van der Waals surface area contributed by atoms with Crippen molar-refractivity contribution in [1.82, 2.24) is 15.5 Å². The minimum Gasteiger partial charge on any atom is -0.508 e. The number of aliphatic hydroxyl groups is 1. The molecule has 0 spiro atoms. The molecule has 13 heteroatoms. The summed E-state index contributed by atoms with van der Waals surface area (Å²) in [6.07, 6.45) is -1.16. The number of carbonyl (C=O) groups excluding carboxylic acids is 4. The van der Waals surface area contributed by atoms with Gasteiger partial charge < -0.3 is 42.3 Å². The number of carbonyl (C=O) groups is 5. The van der Waals surface area contributed by atoms with Gasteiger partial charge >= 0.3 is 5.97 Å². The molecule has 1 fully saturated rings. The summed E-state index contributed by atoms with van der Waals surface area (Å²) in [6.45, 7) is 1.46. The summed E-state index contributed by atoms with van der Waals surface area (Å²) < 4.78 is 0. The maximum atomic E-state index is 13.3. The molecule has 2 rings (SSSR count). The van der Waals surface area contributed by atoms with Crippen LogP contribution in [0, 0.1) is 0 Å². The van der Waals surface area contributed by atoms with Gasteiger partial charge in [-0.25, -0.2) is 4.79 Å². The van der Waals surface area contributed by atoms with Gasteiger partial charge in [0.2, 0.25) is 23.6 Å². The first-order valence-corrected chi connectivity index (χ1v) is 11.0. The van der Waals surface area contributed by atoms with E-state index in [9.17, 15) is 39.3 Å². The molecule has 1 aromatic carbocycles. The largest absolute Gasteiger partial charge is 0.508 e. The third-order valence-corrected chi connectivity index (χ3v) is 5.67. The van der Waals surface area contributed by atoms with Crippen molar-refractivity contribution in [3.63, 3.8) is 0 Å². The summed E-state index contributed by atoms with van der Waals surface area (Å²) >= 11 is 0. The minimum atomic E-state index is -1.49. The molecule has 9 N–H and O–H groups in total. The third kappa shape index (κ3) is 7.65. The summed E-state index contributed by atoms with van der Waals surface area (Å²) in [6, 6.07) is 0.679. The van der Waals surface area contributed by atoms with Gasteiger partial charge in [0.15, 0.2) is 0 Å². The van der Waals surface area contributed by atoms with E-state index < -0.39 is 66.3 Å². The number of aliphatic carboxylic acids is 1. The Hall–Kier alpha value is -3.71. The van der Waals surface area contributed by atoms with Crippen molar-refractivity contribution in [2.45, 2.75) is 62.9 Å². The number of nitrogens with one attached hydrogen (secondary N) is 2. The van der Waals surface area contributed by atoms with Gasteiger partial charge in [-0.15, -0.1) is 0 Å². The molecule has 5 unspecified atom stereocenters. The molecular weight excluding hydrogens is 462 g/mol. The quantitative estimate of drug-likeness (QED) is 0.174. The second-order valence-electron chi connectivity index (χ2n) is 8.46. The Morgan fingerprint density at radius 3 is 2.23 bits per heavy atom. The number of nitrogens with two attached hydrogens (primary N) is 2. The van der Waals surface area contributed by atoms with Crippen molar-refractivity contribution < 1.29 is 39.3 Å². The van der Waals surface area contributed by atoms with E-state index in [0.29, 0.717) is 12.0 Å². The Morgan fingerprint density at radius 1 is 1.09 bits per heavy atom. The number of phenols is 1. The van der Waals surface area contributed by atoms with Crippen LogP contribution >= 0.6 is 0 Å². The molecular formula is C22H31N5O8. The van der Waals surface area contributed by atoms with Crippen LogP contribution in [0.1, 0.15) is 31.7 Å². The van der Waals surface area contributed by atoms with Crippen LogP contribution in [0.15, 0.2) is 24.3 Å². The number of aliphatic hydroxyl groups excluding tert-OH is 1. The van der Waals surface area contributed by atoms with Crippen molar-refractivity contribution in [3.05, 3.63) is 29.8 Å². The third-order valence-electron chi connectivity index (χ3n) is 5.67. The van der Waals surface area contributed by atoms with E-state index in [1.807, 2.05) is 0 Å². The first-order chi connectivity index (χ1) is 16.4. The van der Waals surface area contributed by atoms with Crippen molar-refractivity contribution in [1.29, 1.82) is 0 Å². The van der Waals surface area contributed by atoms with Crippen LogP contribution in [0.25, 0.3) is 0 Å². The van der Waals surface area contributed by atoms with Crippen LogP contribution in [-0.4, -0.2) is 86.6 Å². The van der Waals surface area contributed by atoms with Crippen LogP contribution < -0.4 is 22.1 Å². The van der Waals surface area contributed by atoms with E-state index in [-0.39, 0.29) is 25.1 Å². The molecule has 13 nitrogen and oxygen atoms in total. The van der Waals surface area contributed by atoms with Crippen molar-refractivity contribution >= 4 is 29.6 Å². The van der Waals surface area contributed by atoms with E-state index in [0.717, 1.165) is 0 Å². The number of benzene rings is 1. The molecule has 4 amide bonds. The summed E-state index contributed by atoms with van der Waals surface area (Å²) in [5, 5.41) is 33.2. The lowest BCUT2D eigenvalue weighted by molar-refractivity contribution is -0.149. The normalized spacial score (nSPS) is 18.7. The van der Waals surface area contributed by atoms with E-state index in [4.69, 9.17) is 11.5 Å². The van der Waals surface area contributed by atoms with Crippen LogP contribution in [0.4, 0.5) is 0 Å². The van der Waals surface area contributed by atoms with E-state index in [1.165, 1.54) is 36.1 Å². The number of hydrogen-bond acceptors (Lipinski definition) is 8. The number of nitrogens with zero attached hydrogens (tertiary/aromatic N) is 1. The Labute approximate surface area is 201 Å². The average Bonchev–Trinajstić information content (AvgIpc) is 3.28. The number of hydrogen-bond donors (Lipinski definition) is 7. The number of amides is 4. The van der Waals surface area contributed by atoms with Gasteiger partial charge in [0.05, 0.1) is 12.5 Å². The summed E-state index contributed by atoms with van der Waals surface area (Å²) in [7, 11) is 0. The smallest absolute Gasteiger partial charge is 0.326 e. The SMILES string of the molecule is CC(O)C(N)C(=O)NC(CC(N)=O)C(=O)NC(Cc1ccc(O)cc1)C(=O)N1CCCC1C(=O)O. The fourth-order valence-corrected chi connectivity index (χ4v) is 3.72. The highest BCUT2D eigenvalue weighted by molar-refractivity contribution is 5.96. The Morgan fingerprint density at radius 2 is 1.69 bits per heavy atom. The van der Waals surface area contributed by atoms with Gasteiger partial charge in [-0.05, 0) is 37.5 Å². The Bertz CT molecular complexity index is 952. The molecule has 35 heavy (non-hydrogen) atoms. The molecule has 0 radical (unpaired) electrons. The summed E-state index contributed by atoms with van der Waals surface area (Å²) in [5.41, 5.74) is 11.3. The number of phenolic OH excluding ortho intramolecular Hbond substituents is 1. The van der Waals surface area contributed by atoms with Gasteiger partial charge in [0.25, 0.3) is 0 Å². The molecule has 0 bridgehead atoms. The second kappa shape index (κ2) is 12.1. The lowest BCUT2D eigenvalue weighted by atomic mass is 10.0. The molecule has 1 saturated heterocycles. The molecule has 0 aromatic heterocycles. The lowest BCUT2D eigenvalue weighted by Gasteiger charge is -2.29. The van der Waals surface area contributed by atoms with Gasteiger partial charge in [0.1, 0.15) is 29.9 Å². The molecule has 192 valence electrons. The lowest BCUT2D eigenvalue weighted by Crippen LogP contribution is -2.59. The highest BCUT2D eigenvalue weighted by atomic mass is 16.4. The van der Waals surface area contributed by atoms with Gasteiger partial charge in [-0.3, -0.25) is 19.2 Å². The fraction of sp³-hybridized carbons (Fsp3) is 0.500. The van der Waals surface area contributed by atoms with Crippen LogP contribution in [0.3, 0.4) is 0 Å². The molecule has 1 heterocycles. The maximum Gasteiger partial charge on any atom is 0.326 e. The van der Waals surface area contributed by atoms with Crippen LogP contribution in [-0.2, 0) is 30.4 Å². The summed E-state index contributed by atoms with van der Waals surface area (Å²) in [4.78, 5) is 62.9. The number of carboxylic acid groups (broad SMARTS) is 1. The topological polar surface area (TPSA) is 225 Å². The molecule has 1 aliphatic rings. The Balaban J connectivity index is 2.29. The zero-order chi connectivity index (χ0) is 26.3. The standard InChI is InChI=1S/C22H31N5O8/c1-11(28)18(24)20(32)25-14(10-17(23)30)19(31)26-15(9-12-4-6-13(29)7-5-12)21(33)27-8-2-3-16(27)22(34)35/h4-7,11,14-16,18,28-29H,2-3,8-10,24H2,1H3,(H2,23,30)(H,25,32)(H,26,31)(H,34,35). The van der Waals surface area contributed by atoms with Gasteiger partial charge in [-0.2, -0.15) is 0 Å². The highest BCUT2D eigenvalue weighted by Gasteiger charge is 2.38. The molecule has 0 saturated carbocycles. The summed E-state index contributed by atoms with van der Waals surface area (Å²) in [5.74, 6) is -4.57. The van der Waals surface area contributed by atoms with Crippen LogP contribution in [0.2, 0.25) is 0 Å². The number of aromatic hydroxyl groups is 1. The number of likely N-dealkylation sites (tertiary alicyclic amines) is 1. The first kappa shape index (κ1) is 27.5.